The molecule has 5 aliphatic rings. The van der Waals surface area contributed by atoms with Crippen molar-refractivity contribution in [1.29, 1.82) is 0 Å². The van der Waals surface area contributed by atoms with Gasteiger partial charge in [0.25, 0.3) is 0 Å². The molecule has 0 N–H and O–H groups in total. The van der Waals surface area contributed by atoms with Crippen molar-refractivity contribution < 1.29 is 23.7 Å². The number of hydrogen-bond donors (Lipinski definition) is 0. The second-order valence-corrected chi connectivity index (χ2v) is 11.2. The normalized spacial score (nSPS) is 40.6. The smallest absolute Gasteiger partial charge is 0.199 e. The number of Topliss-reactive ketones (excluding diaryl/α,β-unsaturated/α-hetero) is 1. The Kier molecular flexibility index (Phi) is 6.00. The molecular formula is C28H38O5. The van der Waals surface area contributed by atoms with Crippen LogP contribution in [0, 0.1) is 17.3 Å². The standard InChI is InChI=1S/C28H38O5/c1-28-13-12-20-19-9-8-18(32-26-6-2-4-14-30-26)16-22(19)24(29)17-21(20)23(28)10-11-25(28)33-27-7-3-5-15-31-27/h8-9,16,20-21,23,25-27H,2-7,10-15,17H2,1H3/t20-,21-,23+,25+,26-,27-,28+/m1/s1. The van der Waals surface area contributed by atoms with Crippen LogP contribution in [0.15, 0.2) is 18.2 Å². The molecule has 0 radical (unpaired) electrons. The number of rotatable bonds is 4. The van der Waals surface area contributed by atoms with Crippen LogP contribution >= 0.6 is 0 Å². The number of carbonyl (C=O) groups excluding carboxylic acids is 1. The molecule has 2 saturated carbocycles. The molecule has 5 nitrogen and oxygen atoms in total. The van der Waals surface area contributed by atoms with Crippen LogP contribution in [0.25, 0.3) is 0 Å². The highest BCUT2D eigenvalue weighted by Crippen LogP contribution is 2.61. The molecule has 1 aromatic carbocycles. The highest BCUT2D eigenvalue weighted by Gasteiger charge is 2.56. The van der Waals surface area contributed by atoms with E-state index in [-0.39, 0.29) is 29.9 Å². The zero-order valence-electron chi connectivity index (χ0n) is 19.9. The summed E-state index contributed by atoms with van der Waals surface area (Å²) in [5.41, 5.74) is 2.28. The SMILES string of the molecule is C[C@]12CC[C@@H]3c4ccc(O[C@@H]5CCCCO5)cc4C(=O)C[C@H]3[C@@H]1CC[C@@H]2O[C@@H]1CCCCO1. The molecule has 0 amide bonds. The van der Waals surface area contributed by atoms with Crippen molar-refractivity contribution in [3.05, 3.63) is 29.3 Å². The number of hydrogen-bond acceptors (Lipinski definition) is 5. The molecule has 5 heteroatoms. The molecule has 33 heavy (non-hydrogen) atoms. The molecule has 0 bridgehead atoms. The fraction of sp³-hybridized carbons (Fsp3) is 0.750. The van der Waals surface area contributed by atoms with E-state index < -0.39 is 0 Å². The van der Waals surface area contributed by atoms with Crippen LogP contribution in [0.3, 0.4) is 0 Å². The van der Waals surface area contributed by atoms with E-state index >= 15 is 0 Å². The van der Waals surface area contributed by atoms with Gasteiger partial charge in [-0.2, -0.15) is 0 Å². The Balaban J connectivity index is 1.19. The average Bonchev–Trinajstić information content (AvgIpc) is 3.17. The minimum atomic E-state index is -0.179. The molecule has 6 rings (SSSR count). The van der Waals surface area contributed by atoms with Gasteiger partial charge in [-0.15, -0.1) is 0 Å². The molecule has 1 aromatic rings. The van der Waals surface area contributed by atoms with Gasteiger partial charge in [-0.3, -0.25) is 4.79 Å². The first-order chi connectivity index (χ1) is 16.1. The first-order valence-electron chi connectivity index (χ1n) is 13.3. The van der Waals surface area contributed by atoms with E-state index in [2.05, 4.69) is 19.1 Å². The molecule has 0 unspecified atom stereocenters. The van der Waals surface area contributed by atoms with Gasteiger partial charge in [0.05, 0.1) is 12.7 Å². The Bertz CT molecular complexity index is 871. The van der Waals surface area contributed by atoms with E-state index in [9.17, 15) is 4.79 Å². The third-order valence-corrected chi connectivity index (χ3v) is 9.36. The fourth-order valence-electron chi connectivity index (χ4n) is 7.59. The number of fused-ring (bicyclic) bond motifs is 5. The second-order valence-electron chi connectivity index (χ2n) is 11.2. The van der Waals surface area contributed by atoms with E-state index in [1.165, 1.54) is 12.0 Å². The molecule has 0 aromatic heterocycles. The van der Waals surface area contributed by atoms with Gasteiger partial charge in [-0.1, -0.05) is 13.0 Å². The summed E-state index contributed by atoms with van der Waals surface area (Å²) in [6.45, 7) is 4.01. The number of ether oxygens (including phenoxy) is 4. The second kappa shape index (κ2) is 8.98. The van der Waals surface area contributed by atoms with Gasteiger partial charge in [-0.25, -0.2) is 0 Å². The lowest BCUT2D eigenvalue weighted by molar-refractivity contribution is -0.212. The van der Waals surface area contributed by atoms with Gasteiger partial charge in [-0.05, 0) is 98.7 Å². The maximum absolute atomic E-state index is 13.3. The molecule has 3 aliphatic carbocycles. The zero-order chi connectivity index (χ0) is 22.4. The Morgan fingerprint density at radius 2 is 1.73 bits per heavy atom. The van der Waals surface area contributed by atoms with Crippen molar-refractivity contribution in [2.45, 2.75) is 102 Å². The van der Waals surface area contributed by atoms with E-state index in [0.717, 1.165) is 82.3 Å². The Morgan fingerprint density at radius 3 is 2.48 bits per heavy atom. The summed E-state index contributed by atoms with van der Waals surface area (Å²) in [5, 5.41) is 0. The summed E-state index contributed by atoms with van der Waals surface area (Å²) in [6.07, 6.45) is 11.8. The van der Waals surface area contributed by atoms with Crippen LogP contribution in [0.5, 0.6) is 5.75 Å². The van der Waals surface area contributed by atoms with Gasteiger partial charge in [0, 0.05) is 25.0 Å². The summed E-state index contributed by atoms with van der Waals surface area (Å²) < 4.78 is 24.3. The Hall–Kier alpha value is -1.43. The highest BCUT2D eigenvalue weighted by molar-refractivity contribution is 5.99. The molecule has 4 fully saturated rings. The Labute approximate surface area is 197 Å². The van der Waals surface area contributed by atoms with Gasteiger partial charge < -0.3 is 18.9 Å². The van der Waals surface area contributed by atoms with Crippen molar-refractivity contribution >= 4 is 5.78 Å². The quantitative estimate of drug-likeness (QED) is 0.558. The maximum atomic E-state index is 13.3. The van der Waals surface area contributed by atoms with Gasteiger partial charge in [0.1, 0.15) is 5.75 Å². The molecule has 2 heterocycles. The first-order valence-corrected chi connectivity index (χ1v) is 13.3. The summed E-state index contributed by atoms with van der Waals surface area (Å²) in [7, 11) is 0. The minimum Gasteiger partial charge on any atom is -0.465 e. The van der Waals surface area contributed by atoms with Gasteiger partial charge >= 0.3 is 0 Å². The number of ketones is 1. The third-order valence-electron chi connectivity index (χ3n) is 9.36. The number of carbonyl (C=O) groups is 1. The molecule has 2 aliphatic heterocycles. The van der Waals surface area contributed by atoms with E-state index in [1.54, 1.807) is 0 Å². The molecular weight excluding hydrogens is 416 g/mol. The lowest BCUT2D eigenvalue weighted by Gasteiger charge is -2.50. The fourth-order valence-corrected chi connectivity index (χ4v) is 7.59. The Morgan fingerprint density at radius 1 is 0.939 bits per heavy atom. The predicted octanol–water partition coefficient (Wildman–Crippen LogP) is 6.00. The average molecular weight is 455 g/mol. The minimum absolute atomic E-state index is 0.0303. The van der Waals surface area contributed by atoms with Crippen molar-refractivity contribution in [2.24, 2.45) is 17.3 Å². The zero-order valence-corrected chi connectivity index (χ0v) is 19.9. The lowest BCUT2D eigenvalue weighted by atomic mass is 9.55. The number of benzene rings is 1. The van der Waals surface area contributed by atoms with E-state index in [4.69, 9.17) is 18.9 Å². The molecule has 7 atom stereocenters. The summed E-state index contributed by atoms with van der Waals surface area (Å²) in [4.78, 5) is 13.3. The summed E-state index contributed by atoms with van der Waals surface area (Å²) >= 11 is 0. The van der Waals surface area contributed by atoms with E-state index in [0.29, 0.717) is 24.2 Å². The first kappa shape index (κ1) is 22.1. The van der Waals surface area contributed by atoms with Crippen LogP contribution in [-0.2, 0) is 14.2 Å². The largest absolute Gasteiger partial charge is 0.465 e. The third kappa shape index (κ3) is 4.04. The molecule has 2 saturated heterocycles. The van der Waals surface area contributed by atoms with E-state index in [1.807, 2.05) is 6.07 Å². The molecule has 180 valence electrons. The van der Waals surface area contributed by atoms with Crippen molar-refractivity contribution in [2.75, 3.05) is 13.2 Å². The highest BCUT2D eigenvalue weighted by atomic mass is 16.7. The summed E-state index contributed by atoms with van der Waals surface area (Å²) in [5.74, 6) is 2.51. The topological polar surface area (TPSA) is 54.0 Å². The van der Waals surface area contributed by atoms with Gasteiger partial charge in [0.15, 0.2) is 18.4 Å². The van der Waals surface area contributed by atoms with Crippen LogP contribution in [0.1, 0.15) is 99.4 Å². The van der Waals surface area contributed by atoms with Gasteiger partial charge in [0.2, 0.25) is 0 Å². The summed E-state index contributed by atoms with van der Waals surface area (Å²) in [6, 6.07) is 6.21. The molecule has 0 spiro atoms. The van der Waals surface area contributed by atoms with Crippen LogP contribution < -0.4 is 4.74 Å². The predicted molar refractivity (Wildman–Crippen MR) is 124 cm³/mol. The van der Waals surface area contributed by atoms with Crippen LogP contribution in [0.2, 0.25) is 0 Å². The van der Waals surface area contributed by atoms with Crippen molar-refractivity contribution in [3.8, 4) is 5.75 Å². The monoisotopic (exact) mass is 454 g/mol. The van der Waals surface area contributed by atoms with Crippen molar-refractivity contribution in [1.82, 2.24) is 0 Å². The maximum Gasteiger partial charge on any atom is 0.199 e. The lowest BCUT2D eigenvalue weighted by Crippen LogP contribution is -2.46. The van der Waals surface area contributed by atoms with Crippen molar-refractivity contribution in [3.63, 3.8) is 0 Å². The van der Waals surface area contributed by atoms with Crippen LogP contribution in [-0.4, -0.2) is 37.7 Å². The van der Waals surface area contributed by atoms with Crippen LogP contribution in [0.4, 0.5) is 0 Å².